The number of fused-ring (bicyclic) bond motifs is 1. The van der Waals surface area contributed by atoms with Crippen LogP contribution in [0, 0.1) is 17.7 Å². The lowest BCUT2D eigenvalue weighted by Gasteiger charge is -2.27. The lowest BCUT2D eigenvalue weighted by atomic mass is 10.1. The van der Waals surface area contributed by atoms with Crippen LogP contribution in [0.25, 0.3) is 10.8 Å². The number of benzene rings is 1. The Hall–Kier alpha value is -3.81. The third-order valence-corrected chi connectivity index (χ3v) is 10.3. The van der Waals surface area contributed by atoms with E-state index in [2.05, 4.69) is 10.3 Å². The highest BCUT2D eigenvalue weighted by atomic mass is 32.2. The number of nitrogens with zero attached hydrogens (tertiary/aromatic N) is 2. The van der Waals surface area contributed by atoms with Crippen molar-refractivity contribution < 1.29 is 41.1 Å². The van der Waals surface area contributed by atoms with Crippen molar-refractivity contribution in [2.45, 2.75) is 82.0 Å². The zero-order valence-electron chi connectivity index (χ0n) is 25.6. The van der Waals surface area contributed by atoms with Crippen LogP contribution >= 0.6 is 0 Å². The van der Waals surface area contributed by atoms with Gasteiger partial charge in [-0.15, -0.1) is 0 Å². The number of amides is 3. The van der Waals surface area contributed by atoms with E-state index in [0.717, 1.165) is 0 Å². The molecule has 0 radical (unpaired) electrons. The molecule has 1 saturated heterocycles. The molecule has 2 heterocycles. The molecular formula is C31H38F2N4O7S. The van der Waals surface area contributed by atoms with Crippen molar-refractivity contribution in [2.75, 3.05) is 13.7 Å². The SMILES string of the molecule is CC/C=C\[C@@H]1C[C@]1(NC(=O)[C@@H]1C[C@@H](Oc2nccc3cc(OC)c(F)cc23)CN1C(=O)CC(C)C)C(=O)NS(=O)(=O)C1(F)CC1. The van der Waals surface area contributed by atoms with Gasteiger partial charge >= 0.3 is 0 Å². The summed E-state index contributed by atoms with van der Waals surface area (Å²) in [7, 11) is -3.24. The van der Waals surface area contributed by atoms with E-state index in [-0.39, 0.29) is 62.1 Å². The highest BCUT2D eigenvalue weighted by Gasteiger charge is 2.64. The summed E-state index contributed by atoms with van der Waals surface area (Å²) in [5, 5.41) is 1.21. The monoisotopic (exact) mass is 648 g/mol. The third-order valence-electron chi connectivity index (χ3n) is 8.47. The zero-order chi connectivity index (χ0) is 32.7. The minimum absolute atomic E-state index is 0.0105. The normalized spacial score (nSPS) is 25.4. The van der Waals surface area contributed by atoms with Gasteiger partial charge in [0.15, 0.2) is 11.6 Å². The molecule has 5 rings (SSSR count). The Labute approximate surface area is 260 Å². The van der Waals surface area contributed by atoms with Crippen LogP contribution < -0.4 is 19.5 Å². The van der Waals surface area contributed by atoms with Crippen LogP contribution in [0.5, 0.6) is 11.6 Å². The number of allylic oxidation sites excluding steroid dienone is 1. The molecule has 244 valence electrons. The number of sulfonamides is 1. The second-order valence-electron chi connectivity index (χ2n) is 12.4. The number of hydrogen-bond donors (Lipinski definition) is 2. The van der Waals surface area contributed by atoms with Crippen molar-refractivity contribution in [2.24, 2.45) is 11.8 Å². The predicted molar refractivity (Wildman–Crippen MR) is 161 cm³/mol. The van der Waals surface area contributed by atoms with E-state index in [1.807, 2.05) is 25.5 Å². The van der Waals surface area contributed by atoms with Gasteiger partial charge in [0.1, 0.15) is 17.7 Å². The van der Waals surface area contributed by atoms with Crippen molar-refractivity contribution in [1.29, 1.82) is 0 Å². The quantitative estimate of drug-likeness (QED) is 0.333. The molecule has 4 atom stereocenters. The molecule has 2 N–H and O–H groups in total. The van der Waals surface area contributed by atoms with E-state index in [4.69, 9.17) is 9.47 Å². The second-order valence-corrected chi connectivity index (χ2v) is 14.3. The van der Waals surface area contributed by atoms with Crippen LogP contribution in [0.4, 0.5) is 8.78 Å². The van der Waals surface area contributed by atoms with Crippen molar-refractivity contribution in [1.82, 2.24) is 19.9 Å². The van der Waals surface area contributed by atoms with Gasteiger partial charge in [0.05, 0.1) is 13.7 Å². The molecule has 1 aliphatic heterocycles. The molecule has 0 spiro atoms. The number of ether oxygens (including phenoxy) is 2. The topological polar surface area (TPSA) is 144 Å². The van der Waals surface area contributed by atoms with Crippen LogP contribution in [-0.2, 0) is 24.4 Å². The maximum atomic E-state index is 14.6. The van der Waals surface area contributed by atoms with Gasteiger partial charge in [0, 0.05) is 43.2 Å². The van der Waals surface area contributed by atoms with Crippen LogP contribution in [0.3, 0.4) is 0 Å². The van der Waals surface area contributed by atoms with Crippen molar-refractivity contribution in [3.05, 3.63) is 42.4 Å². The number of nitrogens with one attached hydrogen (secondary N) is 2. The summed E-state index contributed by atoms with van der Waals surface area (Å²) >= 11 is 0. The molecule has 2 aromatic rings. The second kappa shape index (κ2) is 12.2. The number of hydrogen-bond acceptors (Lipinski definition) is 8. The van der Waals surface area contributed by atoms with Gasteiger partial charge in [-0.1, -0.05) is 32.9 Å². The van der Waals surface area contributed by atoms with Gasteiger partial charge in [-0.2, -0.15) is 0 Å². The summed E-state index contributed by atoms with van der Waals surface area (Å²) in [5.41, 5.74) is -1.62. The molecule has 0 unspecified atom stereocenters. The highest BCUT2D eigenvalue weighted by Crippen LogP contribution is 2.48. The van der Waals surface area contributed by atoms with E-state index in [0.29, 0.717) is 17.2 Å². The molecule has 1 aromatic heterocycles. The lowest BCUT2D eigenvalue weighted by molar-refractivity contribution is -0.140. The number of pyridine rings is 1. The van der Waals surface area contributed by atoms with E-state index in [1.54, 1.807) is 18.2 Å². The molecule has 3 aliphatic rings. The van der Waals surface area contributed by atoms with Crippen LogP contribution in [0.15, 0.2) is 36.5 Å². The van der Waals surface area contributed by atoms with E-state index in [1.165, 1.54) is 30.3 Å². The molecule has 14 heteroatoms. The lowest BCUT2D eigenvalue weighted by Crippen LogP contribution is -2.57. The summed E-state index contributed by atoms with van der Waals surface area (Å²) in [6.07, 6.45) is 4.82. The number of alkyl halides is 1. The van der Waals surface area contributed by atoms with Crippen LogP contribution in [0.2, 0.25) is 0 Å². The Bertz CT molecular complexity index is 1650. The number of rotatable bonds is 12. The van der Waals surface area contributed by atoms with Crippen molar-refractivity contribution >= 4 is 38.5 Å². The fourth-order valence-corrected chi connectivity index (χ4v) is 6.93. The average Bonchev–Trinajstić information content (AvgIpc) is 3.85. The standard InChI is InChI=1S/C31H38F2N4O7S/c1-5-6-7-20-16-31(20,29(40)36-45(41,42)30(33)9-10-30)35-27(39)24-14-21(17-37(24)26(38)12-18(2)3)44-28-22-15-23(32)25(43-4)13-19(22)8-11-34-28/h6-8,11,13,15,18,20-21,24H,5,9-10,12,14,16-17H2,1-4H3,(H,35,39)(H,36,40)/b7-6-/t20-,21-,24+,31-/m1/s1. The number of aromatic nitrogens is 1. The number of likely N-dealkylation sites (tertiary alicyclic amines) is 1. The van der Waals surface area contributed by atoms with Gasteiger partial charge < -0.3 is 19.7 Å². The van der Waals surface area contributed by atoms with Crippen molar-refractivity contribution in [3.8, 4) is 11.6 Å². The van der Waals surface area contributed by atoms with Crippen molar-refractivity contribution in [3.63, 3.8) is 0 Å². The molecular weight excluding hydrogens is 610 g/mol. The minimum atomic E-state index is -4.60. The molecule has 2 saturated carbocycles. The first-order valence-corrected chi connectivity index (χ1v) is 16.5. The molecule has 1 aromatic carbocycles. The molecule has 2 aliphatic carbocycles. The Morgan fingerprint density at radius 1 is 1.24 bits per heavy atom. The fraction of sp³-hybridized carbons (Fsp3) is 0.548. The van der Waals surface area contributed by atoms with E-state index in [9.17, 15) is 31.6 Å². The maximum Gasteiger partial charge on any atom is 0.270 e. The molecule has 11 nitrogen and oxygen atoms in total. The Morgan fingerprint density at radius 2 is 1.98 bits per heavy atom. The molecule has 45 heavy (non-hydrogen) atoms. The zero-order valence-corrected chi connectivity index (χ0v) is 26.5. The van der Waals surface area contributed by atoms with Gasteiger partial charge in [-0.05, 0) is 42.3 Å². The summed E-state index contributed by atoms with van der Waals surface area (Å²) in [5.74, 6) is -2.96. The third kappa shape index (κ3) is 6.47. The predicted octanol–water partition coefficient (Wildman–Crippen LogP) is 3.52. The average molecular weight is 649 g/mol. The summed E-state index contributed by atoms with van der Waals surface area (Å²) < 4.78 is 67.2. The maximum absolute atomic E-state index is 14.6. The van der Waals surface area contributed by atoms with Gasteiger partial charge in [-0.3, -0.25) is 14.4 Å². The van der Waals surface area contributed by atoms with Crippen LogP contribution in [0.1, 0.15) is 59.3 Å². The fourth-order valence-electron chi connectivity index (χ4n) is 5.69. The Balaban J connectivity index is 1.39. The first-order valence-electron chi connectivity index (χ1n) is 15.1. The Kier molecular flexibility index (Phi) is 8.82. The summed E-state index contributed by atoms with van der Waals surface area (Å²) in [6, 6.07) is 3.38. The van der Waals surface area contributed by atoms with E-state index >= 15 is 0 Å². The highest BCUT2D eigenvalue weighted by molar-refractivity contribution is 7.91. The Morgan fingerprint density at radius 3 is 2.62 bits per heavy atom. The summed E-state index contributed by atoms with van der Waals surface area (Å²) in [6.45, 7) is 5.64. The number of carbonyl (C=O) groups is 3. The van der Waals surface area contributed by atoms with Gasteiger partial charge in [0.25, 0.3) is 15.9 Å². The number of methoxy groups -OCH3 is 1. The van der Waals surface area contributed by atoms with Crippen LogP contribution in [-0.4, -0.2) is 72.4 Å². The summed E-state index contributed by atoms with van der Waals surface area (Å²) in [4.78, 5) is 46.2. The number of carbonyl (C=O) groups excluding carboxylic acids is 3. The molecule has 0 bridgehead atoms. The van der Waals surface area contributed by atoms with Gasteiger partial charge in [-0.25, -0.2) is 26.9 Å². The molecule has 3 amide bonds. The van der Waals surface area contributed by atoms with Gasteiger partial charge in [0.2, 0.25) is 22.7 Å². The first-order chi connectivity index (χ1) is 21.2. The first kappa shape index (κ1) is 32.6. The number of halogens is 2. The molecule has 3 fully saturated rings. The smallest absolute Gasteiger partial charge is 0.270 e. The largest absolute Gasteiger partial charge is 0.494 e. The minimum Gasteiger partial charge on any atom is -0.494 e. The van der Waals surface area contributed by atoms with E-state index < -0.39 is 56.3 Å².